The first-order valence-corrected chi connectivity index (χ1v) is 9.74. The Balaban J connectivity index is 1.94. The summed E-state index contributed by atoms with van der Waals surface area (Å²) in [5, 5.41) is 0. The van der Waals surface area contributed by atoms with Crippen LogP contribution in [0.2, 0.25) is 0 Å². The van der Waals surface area contributed by atoms with Crippen LogP contribution in [-0.2, 0) is 13.6 Å². The summed E-state index contributed by atoms with van der Waals surface area (Å²) < 4.78 is 6.69. The highest BCUT2D eigenvalue weighted by molar-refractivity contribution is 5.76. The number of aryl methyl sites for hydroxylation is 2. The fraction of sp³-hybridized carbons (Fsp3) is 0.318. The van der Waals surface area contributed by atoms with E-state index in [-0.39, 0.29) is 23.8 Å². The van der Waals surface area contributed by atoms with Crippen LogP contribution < -0.4 is 11.2 Å². The Morgan fingerprint density at radius 3 is 2.41 bits per heavy atom. The molecule has 0 atom stereocenters. The number of hydrogen-bond donors (Lipinski definition) is 0. The van der Waals surface area contributed by atoms with Gasteiger partial charge in [-0.25, -0.2) is 4.79 Å². The molecule has 7 heteroatoms. The fourth-order valence-corrected chi connectivity index (χ4v) is 3.91. The van der Waals surface area contributed by atoms with Gasteiger partial charge in [-0.3, -0.25) is 18.3 Å². The summed E-state index contributed by atoms with van der Waals surface area (Å²) >= 11 is 0. The van der Waals surface area contributed by atoms with E-state index in [1.54, 1.807) is 7.05 Å². The molecule has 0 radical (unpaired) electrons. The third-order valence-electron chi connectivity index (χ3n) is 5.47. The number of benzene rings is 1. The van der Waals surface area contributed by atoms with E-state index >= 15 is 0 Å². The number of imidazole rings is 2. The molecule has 0 fully saturated rings. The number of allylic oxidation sites excluding steroid dienone is 1. The number of rotatable bonds is 4. The standard InChI is InChI=1S/C22H25N5O2/c1-14(2)26-15(3)16(4)27-18-19(23-21(26)27)24(5)22(29)25(20(18)28)13-9-12-17-10-7-6-8-11-17/h6-12,14H,13H2,1-5H3/b12-9+. The molecular formula is C22H25N5O2. The molecule has 4 rings (SSSR count). The van der Waals surface area contributed by atoms with Gasteiger partial charge < -0.3 is 4.57 Å². The van der Waals surface area contributed by atoms with E-state index in [1.165, 1.54) is 9.13 Å². The zero-order valence-corrected chi connectivity index (χ0v) is 17.4. The van der Waals surface area contributed by atoms with E-state index in [0.29, 0.717) is 16.9 Å². The third-order valence-corrected chi connectivity index (χ3v) is 5.47. The first-order valence-electron chi connectivity index (χ1n) is 9.74. The van der Waals surface area contributed by atoms with Gasteiger partial charge in [-0.15, -0.1) is 0 Å². The lowest BCUT2D eigenvalue weighted by Gasteiger charge is -2.09. The molecule has 0 spiro atoms. The molecule has 0 bridgehead atoms. The molecule has 0 saturated heterocycles. The monoisotopic (exact) mass is 391 g/mol. The van der Waals surface area contributed by atoms with Gasteiger partial charge in [0.25, 0.3) is 5.56 Å². The lowest BCUT2D eigenvalue weighted by atomic mass is 10.2. The normalized spacial score (nSPS) is 12.2. The SMILES string of the molecule is Cc1c(C)n2c3c(=O)n(C/C=C/c4ccccc4)c(=O)n(C)c3nc2n1C(C)C. The van der Waals surface area contributed by atoms with Crippen molar-refractivity contribution < 1.29 is 0 Å². The number of hydrogen-bond acceptors (Lipinski definition) is 3. The van der Waals surface area contributed by atoms with E-state index in [2.05, 4.69) is 23.4 Å². The largest absolute Gasteiger partial charge is 0.332 e. The first-order chi connectivity index (χ1) is 13.8. The maximum Gasteiger partial charge on any atom is 0.332 e. The van der Waals surface area contributed by atoms with Gasteiger partial charge in [0, 0.05) is 31.0 Å². The molecule has 29 heavy (non-hydrogen) atoms. The number of fused-ring (bicyclic) bond motifs is 3. The number of aromatic nitrogens is 5. The van der Waals surface area contributed by atoms with Crippen molar-refractivity contribution in [3.8, 4) is 0 Å². The van der Waals surface area contributed by atoms with Gasteiger partial charge in [0.1, 0.15) is 0 Å². The second-order valence-corrected chi connectivity index (χ2v) is 7.62. The van der Waals surface area contributed by atoms with Crippen LogP contribution in [0.1, 0.15) is 36.8 Å². The third kappa shape index (κ3) is 2.85. The molecule has 0 N–H and O–H groups in total. The minimum absolute atomic E-state index is 0.191. The van der Waals surface area contributed by atoms with E-state index in [4.69, 9.17) is 0 Å². The zero-order valence-electron chi connectivity index (χ0n) is 17.4. The molecule has 0 aliphatic heterocycles. The van der Waals surface area contributed by atoms with Crippen LogP contribution in [-0.4, -0.2) is 23.1 Å². The highest BCUT2D eigenvalue weighted by atomic mass is 16.2. The maximum absolute atomic E-state index is 13.3. The molecule has 4 aromatic rings. The molecular weight excluding hydrogens is 366 g/mol. The van der Waals surface area contributed by atoms with Gasteiger partial charge in [-0.05, 0) is 33.3 Å². The van der Waals surface area contributed by atoms with Crippen LogP contribution in [0.25, 0.3) is 23.0 Å². The van der Waals surface area contributed by atoms with Crippen LogP contribution in [0.3, 0.4) is 0 Å². The Labute approximate surface area is 168 Å². The molecule has 1 aromatic carbocycles. The summed E-state index contributed by atoms with van der Waals surface area (Å²) in [6.45, 7) is 8.37. The number of nitrogens with zero attached hydrogens (tertiary/aromatic N) is 5. The predicted octanol–water partition coefficient (Wildman–Crippen LogP) is 3.06. The summed E-state index contributed by atoms with van der Waals surface area (Å²) in [6, 6.07) is 9.99. The van der Waals surface area contributed by atoms with Crippen molar-refractivity contribution in [1.29, 1.82) is 0 Å². The van der Waals surface area contributed by atoms with Crippen molar-refractivity contribution >= 4 is 23.0 Å². The van der Waals surface area contributed by atoms with Crippen molar-refractivity contribution in [2.75, 3.05) is 0 Å². The van der Waals surface area contributed by atoms with Gasteiger partial charge in [0.05, 0.1) is 0 Å². The molecule has 0 saturated carbocycles. The van der Waals surface area contributed by atoms with Crippen LogP contribution in [0.5, 0.6) is 0 Å². The van der Waals surface area contributed by atoms with Gasteiger partial charge >= 0.3 is 5.69 Å². The molecule has 0 aliphatic carbocycles. The van der Waals surface area contributed by atoms with Gasteiger partial charge in [0.2, 0.25) is 5.78 Å². The van der Waals surface area contributed by atoms with Gasteiger partial charge in [-0.2, -0.15) is 4.98 Å². The Bertz CT molecular complexity index is 1360. The Morgan fingerprint density at radius 1 is 1.07 bits per heavy atom. The Morgan fingerprint density at radius 2 is 1.76 bits per heavy atom. The summed E-state index contributed by atoms with van der Waals surface area (Å²) in [5.74, 6) is 0.690. The van der Waals surface area contributed by atoms with Crippen molar-refractivity contribution in [1.82, 2.24) is 23.1 Å². The van der Waals surface area contributed by atoms with Crippen molar-refractivity contribution in [2.24, 2.45) is 7.05 Å². The van der Waals surface area contributed by atoms with E-state index in [9.17, 15) is 9.59 Å². The minimum atomic E-state index is -0.369. The van der Waals surface area contributed by atoms with E-state index in [0.717, 1.165) is 17.0 Å². The lowest BCUT2D eigenvalue weighted by Crippen LogP contribution is -2.39. The van der Waals surface area contributed by atoms with Crippen LogP contribution in [0.15, 0.2) is 46.0 Å². The molecule has 7 nitrogen and oxygen atoms in total. The molecule has 0 aliphatic rings. The molecule has 0 unspecified atom stereocenters. The van der Waals surface area contributed by atoms with Crippen molar-refractivity contribution in [3.63, 3.8) is 0 Å². The molecule has 150 valence electrons. The highest BCUT2D eigenvalue weighted by Crippen LogP contribution is 2.23. The highest BCUT2D eigenvalue weighted by Gasteiger charge is 2.23. The average molecular weight is 391 g/mol. The Hall–Kier alpha value is -3.35. The van der Waals surface area contributed by atoms with Gasteiger partial charge in [0.15, 0.2) is 11.2 Å². The molecule has 3 aromatic heterocycles. The Kier molecular flexibility index (Phi) is 4.53. The second-order valence-electron chi connectivity index (χ2n) is 7.62. The molecule has 0 amide bonds. The second kappa shape index (κ2) is 6.92. The summed E-state index contributed by atoms with van der Waals surface area (Å²) in [6.07, 6.45) is 3.74. The molecule has 3 heterocycles. The van der Waals surface area contributed by atoms with Crippen molar-refractivity contribution in [2.45, 2.75) is 40.3 Å². The van der Waals surface area contributed by atoms with Crippen LogP contribution in [0, 0.1) is 13.8 Å². The van der Waals surface area contributed by atoms with Crippen molar-refractivity contribution in [3.05, 3.63) is 74.2 Å². The first kappa shape index (κ1) is 19.0. The summed E-state index contributed by atoms with van der Waals surface area (Å²) in [7, 11) is 1.66. The quantitative estimate of drug-likeness (QED) is 0.537. The predicted molar refractivity (Wildman–Crippen MR) is 116 cm³/mol. The fourth-order valence-electron chi connectivity index (χ4n) is 3.91. The van der Waals surface area contributed by atoms with E-state index in [1.807, 2.05) is 60.7 Å². The lowest BCUT2D eigenvalue weighted by molar-refractivity contribution is 0.600. The van der Waals surface area contributed by atoms with Gasteiger partial charge in [-0.1, -0.05) is 42.5 Å². The topological polar surface area (TPSA) is 66.2 Å². The maximum atomic E-state index is 13.3. The zero-order chi connectivity index (χ0) is 20.9. The summed E-state index contributed by atoms with van der Waals surface area (Å²) in [5.41, 5.74) is 3.20. The van der Waals surface area contributed by atoms with Crippen LogP contribution in [0.4, 0.5) is 0 Å². The minimum Gasteiger partial charge on any atom is -0.311 e. The van der Waals surface area contributed by atoms with E-state index < -0.39 is 0 Å². The summed E-state index contributed by atoms with van der Waals surface area (Å²) in [4.78, 5) is 30.8. The average Bonchev–Trinajstić information content (AvgIpc) is 3.19. The smallest absolute Gasteiger partial charge is 0.311 e. The van der Waals surface area contributed by atoms with Crippen LogP contribution >= 0.6 is 0 Å².